The molecule has 1 heterocycles. The third kappa shape index (κ3) is 7.29. The second kappa shape index (κ2) is 11.9. The molecule has 0 bridgehead atoms. The second-order valence-electron chi connectivity index (χ2n) is 6.85. The SMILES string of the molecule is CN=C(NCCCOc1ccc(F)cc1)N(C)Cc1cn(C)nc1C(C)C.I. The summed E-state index contributed by atoms with van der Waals surface area (Å²) in [6, 6.07) is 6.06. The Balaban J connectivity index is 0.00000392. The van der Waals surface area contributed by atoms with E-state index in [4.69, 9.17) is 4.74 Å². The summed E-state index contributed by atoms with van der Waals surface area (Å²) in [7, 11) is 5.74. The molecule has 1 N–H and O–H groups in total. The molecule has 0 saturated carbocycles. The van der Waals surface area contributed by atoms with E-state index in [1.807, 2.05) is 18.8 Å². The molecule has 0 fully saturated rings. The Bertz CT molecular complexity index is 746. The summed E-state index contributed by atoms with van der Waals surface area (Å²) in [5.74, 6) is 1.63. The van der Waals surface area contributed by atoms with E-state index in [0.29, 0.717) is 18.3 Å². The van der Waals surface area contributed by atoms with Crippen LogP contribution in [0.5, 0.6) is 5.75 Å². The van der Waals surface area contributed by atoms with Crippen LogP contribution in [0.3, 0.4) is 0 Å². The second-order valence-corrected chi connectivity index (χ2v) is 6.85. The van der Waals surface area contributed by atoms with Gasteiger partial charge < -0.3 is 15.0 Å². The molecule has 0 unspecified atom stereocenters. The summed E-state index contributed by atoms with van der Waals surface area (Å²) in [6.45, 7) is 6.34. The summed E-state index contributed by atoms with van der Waals surface area (Å²) in [6.07, 6.45) is 2.88. The third-order valence-corrected chi connectivity index (χ3v) is 4.15. The van der Waals surface area contributed by atoms with Crippen molar-refractivity contribution in [3.05, 3.63) is 47.5 Å². The zero-order chi connectivity index (χ0) is 19.8. The van der Waals surface area contributed by atoms with Crippen molar-refractivity contribution in [2.45, 2.75) is 32.7 Å². The van der Waals surface area contributed by atoms with E-state index < -0.39 is 0 Å². The van der Waals surface area contributed by atoms with E-state index in [0.717, 1.165) is 31.2 Å². The molecule has 28 heavy (non-hydrogen) atoms. The van der Waals surface area contributed by atoms with E-state index >= 15 is 0 Å². The van der Waals surface area contributed by atoms with Crippen LogP contribution in [0.15, 0.2) is 35.5 Å². The topological polar surface area (TPSA) is 54.7 Å². The molecule has 2 rings (SSSR count). The number of guanidine groups is 1. The molecule has 6 nitrogen and oxygen atoms in total. The number of aromatic nitrogens is 2. The first-order valence-electron chi connectivity index (χ1n) is 9.23. The number of benzene rings is 1. The van der Waals surface area contributed by atoms with Crippen LogP contribution in [-0.4, -0.2) is 47.9 Å². The van der Waals surface area contributed by atoms with Gasteiger partial charge in [-0.1, -0.05) is 13.8 Å². The molecule has 156 valence electrons. The average Bonchev–Trinajstić information content (AvgIpc) is 3.00. The number of aryl methyl sites for hydroxylation is 1. The molecular weight excluding hydrogens is 472 g/mol. The van der Waals surface area contributed by atoms with Crippen molar-refractivity contribution in [2.24, 2.45) is 12.0 Å². The zero-order valence-corrected chi connectivity index (χ0v) is 19.6. The normalized spacial score (nSPS) is 11.3. The minimum Gasteiger partial charge on any atom is -0.494 e. The summed E-state index contributed by atoms with van der Waals surface area (Å²) >= 11 is 0. The number of nitrogens with zero attached hydrogens (tertiary/aromatic N) is 4. The van der Waals surface area contributed by atoms with Crippen molar-refractivity contribution in [1.29, 1.82) is 0 Å². The van der Waals surface area contributed by atoms with Crippen LogP contribution in [0.4, 0.5) is 4.39 Å². The predicted molar refractivity (Wildman–Crippen MR) is 122 cm³/mol. The van der Waals surface area contributed by atoms with Crippen LogP contribution in [0.25, 0.3) is 0 Å². The molecule has 2 aromatic rings. The Morgan fingerprint density at radius 1 is 1.32 bits per heavy atom. The Kier molecular flexibility index (Phi) is 10.3. The third-order valence-electron chi connectivity index (χ3n) is 4.15. The van der Waals surface area contributed by atoms with Gasteiger partial charge in [0.25, 0.3) is 0 Å². The molecule has 0 spiro atoms. The highest BCUT2D eigenvalue weighted by atomic mass is 127. The Hall–Kier alpha value is -1.84. The summed E-state index contributed by atoms with van der Waals surface area (Å²) in [5, 5.41) is 7.91. The molecule has 0 aliphatic heterocycles. The van der Waals surface area contributed by atoms with E-state index in [9.17, 15) is 4.39 Å². The molecule has 0 atom stereocenters. The minimum atomic E-state index is -0.259. The van der Waals surface area contributed by atoms with Crippen LogP contribution in [0.2, 0.25) is 0 Å². The van der Waals surface area contributed by atoms with Crippen molar-refractivity contribution < 1.29 is 9.13 Å². The van der Waals surface area contributed by atoms with E-state index in [-0.39, 0.29) is 29.8 Å². The van der Waals surface area contributed by atoms with Crippen LogP contribution in [-0.2, 0) is 13.6 Å². The van der Waals surface area contributed by atoms with E-state index in [1.165, 1.54) is 17.7 Å². The van der Waals surface area contributed by atoms with Gasteiger partial charge in [-0.15, -0.1) is 24.0 Å². The molecule has 0 aliphatic carbocycles. The summed E-state index contributed by atoms with van der Waals surface area (Å²) in [4.78, 5) is 6.44. The Labute approximate surface area is 184 Å². The van der Waals surface area contributed by atoms with Gasteiger partial charge in [0.05, 0.1) is 12.3 Å². The summed E-state index contributed by atoms with van der Waals surface area (Å²) < 4.78 is 20.3. The molecule has 0 saturated heterocycles. The van der Waals surface area contributed by atoms with Crippen molar-refractivity contribution >= 4 is 29.9 Å². The van der Waals surface area contributed by atoms with Crippen molar-refractivity contribution in [2.75, 3.05) is 27.2 Å². The molecule has 8 heteroatoms. The fraction of sp³-hybridized carbons (Fsp3) is 0.500. The lowest BCUT2D eigenvalue weighted by molar-refractivity contribution is 0.309. The maximum absolute atomic E-state index is 12.9. The Morgan fingerprint density at radius 2 is 2.00 bits per heavy atom. The lowest BCUT2D eigenvalue weighted by atomic mass is 10.1. The van der Waals surface area contributed by atoms with Gasteiger partial charge in [-0.25, -0.2) is 4.39 Å². The number of hydrogen-bond donors (Lipinski definition) is 1. The largest absolute Gasteiger partial charge is 0.494 e. The first kappa shape index (κ1) is 24.2. The van der Waals surface area contributed by atoms with Gasteiger partial charge in [0.2, 0.25) is 0 Å². The molecule has 1 aromatic carbocycles. The number of aliphatic imine (C=N–C) groups is 1. The molecule has 0 radical (unpaired) electrons. The standard InChI is InChI=1S/C20H30FN5O.HI/c1-15(2)19-16(14-26(5)24-19)13-25(4)20(22-3)23-11-6-12-27-18-9-7-17(21)8-10-18;/h7-10,14-15H,6,11-13H2,1-5H3,(H,22,23);1H. The lowest BCUT2D eigenvalue weighted by Crippen LogP contribution is -2.39. The van der Waals surface area contributed by atoms with E-state index in [1.54, 1.807) is 19.2 Å². The maximum atomic E-state index is 12.9. The molecule has 0 amide bonds. The molecule has 0 aliphatic rings. The zero-order valence-electron chi connectivity index (χ0n) is 17.3. The molecule has 1 aromatic heterocycles. The van der Waals surface area contributed by atoms with Gasteiger partial charge in [0.1, 0.15) is 11.6 Å². The van der Waals surface area contributed by atoms with Crippen LogP contribution < -0.4 is 10.1 Å². The highest BCUT2D eigenvalue weighted by molar-refractivity contribution is 14.0. The van der Waals surface area contributed by atoms with Crippen LogP contribution in [0.1, 0.15) is 37.4 Å². The van der Waals surface area contributed by atoms with Gasteiger partial charge in [0.15, 0.2) is 5.96 Å². The predicted octanol–water partition coefficient (Wildman–Crippen LogP) is 3.78. The number of nitrogens with one attached hydrogen (secondary N) is 1. The lowest BCUT2D eigenvalue weighted by Gasteiger charge is -2.22. The highest BCUT2D eigenvalue weighted by Gasteiger charge is 2.14. The average molecular weight is 503 g/mol. The number of ether oxygens (including phenoxy) is 1. The minimum absolute atomic E-state index is 0. The van der Waals surface area contributed by atoms with Gasteiger partial charge in [-0.2, -0.15) is 5.10 Å². The maximum Gasteiger partial charge on any atom is 0.193 e. The fourth-order valence-electron chi connectivity index (χ4n) is 2.87. The molecular formula is C20H31FIN5O. The monoisotopic (exact) mass is 503 g/mol. The van der Waals surface area contributed by atoms with E-state index in [2.05, 4.69) is 40.4 Å². The Morgan fingerprint density at radius 3 is 2.61 bits per heavy atom. The number of halogens is 2. The van der Waals surface area contributed by atoms with Gasteiger partial charge in [-0.3, -0.25) is 9.67 Å². The van der Waals surface area contributed by atoms with Crippen molar-refractivity contribution in [3.63, 3.8) is 0 Å². The number of hydrogen-bond acceptors (Lipinski definition) is 3. The van der Waals surface area contributed by atoms with Gasteiger partial charge in [0, 0.05) is 46.0 Å². The first-order chi connectivity index (χ1) is 12.9. The van der Waals surface area contributed by atoms with Crippen LogP contribution >= 0.6 is 24.0 Å². The summed E-state index contributed by atoms with van der Waals surface area (Å²) in [5.41, 5.74) is 2.32. The van der Waals surface area contributed by atoms with Crippen molar-refractivity contribution in [3.8, 4) is 5.75 Å². The first-order valence-corrected chi connectivity index (χ1v) is 9.23. The van der Waals surface area contributed by atoms with Crippen LogP contribution in [0, 0.1) is 5.82 Å². The van der Waals surface area contributed by atoms with Gasteiger partial charge >= 0.3 is 0 Å². The fourth-order valence-corrected chi connectivity index (χ4v) is 2.87. The van der Waals surface area contributed by atoms with Gasteiger partial charge in [-0.05, 0) is 36.6 Å². The number of rotatable bonds is 8. The smallest absolute Gasteiger partial charge is 0.193 e. The van der Waals surface area contributed by atoms with Crippen molar-refractivity contribution in [1.82, 2.24) is 20.0 Å². The highest BCUT2D eigenvalue weighted by Crippen LogP contribution is 2.18. The quantitative estimate of drug-likeness (QED) is 0.258.